The summed E-state index contributed by atoms with van der Waals surface area (Å²) < 4.78 is 5.51. The van der Waals surface area contributed by atoms with E-state index in [-0.39, 0.29) is 0 Å². The van der Waals surface area contributed by atoms with Crippen LogP contribution in [0.4, 0.5) is 0 Å². The summed E-state index contributed by atoms with van der Waals surface area (Å²) >= 11 is 5.91. The van der Waals surface area contributed by atoms with Crippen molar-refractivity contribution >= 4 is 11.6 Å². The van der Waals surface area contributed by atoms with Gasteiger partial charge in [0.2, 0.25) is 0 Å². The van der Waals surface area contributed by atoms with Crippen molar-refractivity contribution in [2.24, 2.45) is 0 Å². The fourth-order valence-corrected chi connectivity index (χ4v) is 1.29. The lowest BCUT2D eigenvalue weighted by Crippen LogP contribution is -1.97. The lowest BCUT2D eigenvalue weighted by Gasteiger charge is -2.06. The van der Waals surface area contributed by atoms with Gasteiger partial charge in [0.1, 0.15) is 5.75 Å². The summed E-state index contributed by atoms with van der Waals surface area (Å²) in [6, 6.07) is 7.58. The summed E-state index contributed by atoms with van der Waals surface area (Å²) in [7, 11) is 0. The van der Waals surface area contributed by atoms with Crippen molar-refractivity contribution in [2.75, 3.05) is 6.61 Å². The fraction of sp³-hybridized carbons (Fsp3) is 0.455. The van der Waals surface area contributed by atoms with Crippen molar-refractivity contribution in [3.63, 3.8) is 0 Å². The number of hydrogen-bond donors (Lipinski definition) is 0. The number of benzene rings is 1. The van der Waals surface area contributed by atoms with Crippen molar-refractivity contribution in [3.05, 3.63) is 29.3 Å². The first kappa shape index (κ1) is 10.4. The Labute approximate surface area is 84.7 Å². The van der Waals surface area contributed by atoms with Crippen LogP contribution in [0.1, 0.15) is 26.2 Å². The zero-order valence-corrected chi connectivity index (χ0v) is 8.68. The van der Waals surface area contributed by atoms with Crippen LogP contribution in [-0.4, -0.2) is 6.61 Å². The van der Waals surface area contributed by atoms with E-state index in [1.165, 1.54) is 12.8 Å². The number of halogens is 1. The molecule has 0 bridgehead atoms. The number of hydrogen-bond acceptors (Lipinski definition) is 1. The zero-order chi connectivity index (χ0) is 9.52. The molecule has 0 unspecified atom stereocenters. The van der Waals surface area contributed by atoms with Crippen LogP contribution in [0.2, 0.25) is 5.02 Å². The van der Waals surface area contributed by atoms with Crippen LogP contribution < -0.4 is 4.74 Å². The van der Waals surface area contributed by atoms with Gasteiger partial charge >= 0.3 is 0 Å². The number of ether oxygens (including phenoxy) is 1. The van der Waals surface area contributed by atoms with Crippen LogP contribution in [0, 0.1) is 0 Å². The molecule has 0 aliphatic heterocycles. The predicted molar refractivity (Wildman–Crippen MR) is 56.5 cm³/mol. The molecule has 0 amide bonds. The zero-order valence-electron chi connectivity index (χ0n) is 7.92. The average molecular weight is 199 g/mol. The molecule has 0 spiro atoms. The maximum Gasteiger partial charge on any atom is 0.137 e. The molecule has 1 aromatic rings. The second-order valence-corrected chi connectivity index (χ2v) is 3.39. The Hall–Kier alpha value is -0.690. The van der Waals surface area contributed by atoms with E-state index in [0.717, 1.165) is 18.8 Å². The lowest BCUT2D eigenvalue weighted by molar-refractivity contribution is 0.306. The molecule has 0 atom stereocenters. The Morgan fingerprint density at radius 3 is 2.69 bits per heavy atom. The molecule has 72 valence electrons. The molecule has 0 heterocycles. The van der Waals surface area contributed by atoms with Gasteiger partial charge in [0, 0.05) is 0 Å². The van der Waals surface area contributed by atoms with Crippen molar-refractivity contribution in [2.45, 2.75) is 26.2 Å². The molecule has 0 fully saturated rings. The van der Waals surface area contributed by atoms with E-state index in [1.807, 2.05) is 24.3 Å². The predicted octanol–water partition coefficient (Wildman–Crippen LogP) is 3.91. The van der Waals surface area contributed by atoms with E-state index in [2.05, 4.69) is 6.92 Å². The first-order chi connectivity index (χ1) is 6.34. The Morgan fingerprint density at radius 1 is 1.23 bits per heavy atom. The SMILES string of the molecule is CCCCCOc1ccccc1Cl. The minimum absolute atomic E-state index is 0.694. The molecule has 0 saturated heterocycles. The topological polar surface area (TPSA) is 9.23 Å². The molecule has 0 aliphatic rings. The van der Waals surface area contributed by atoms with E-state index in [1.54, 1.807) is 0 Å². The minimum atomic E-state index is 0.694. The lowest BCUT2D eigenvalue weighted by atomic mass is 10.3. The Bertz CT molecular complexity index is 248. The van der Waals surface area contributed by atoms with Crippen LogP contribution in [0.15, 0.2) is 24.3 Å². The standard InChI is InChI=1S/C11H15ClO/c1-2-3-6-9-13-11-8-5-4-7-10(11)12/h4-5,7-8H,2-3,6,9H2,1H3. The van der Waals surface area contributed by atoms with Crippen molar-refractivity contribution < 1.29 is 4.74 Å². The summed E-state index contributed by atoms with van der Waals surface area (Å²) in [5.41, 5.74) is 0. The third-order valence-electron chi connectivity index (χ3n) is 1.84. The summed E-state index contributed by atoms with van der Waals surface area (Å²) in [6.07, 6.45) is 3.53. The van der Waals surface area contributed by atoms with E-state index >= 15 is 0 Å². The molecule has 0 saturated carbocycles. The average Bonchev–Trinajstić information content (AvgIpc) is 2.15. The second-order valence-electron chi connectivity index (χ2n) is 2.99. The molecule has 0 N–H and O–H groups in total. The molecule has 13 heavy (non-hydrogen) atoms. The second kappa shape index (κ2) is 5.87. The Balaban J connectivity index is 2.32. The highest BCUT2D eigenvalue weighted by Crippen LogP contribution is 2.23. The Kier molecular flexibility index (Phi) is 4.69. The largest absolute Gasteiger partial charge is 0.492 e. The summed E-state index contributed by atoms with van der Waals surface area (Å²) in [6.45, 7) is 2.94. The molecule has 1 nitrogen and oxygen atoms in total. The summed E-state index contributed by atoms with van der Waals surface area (Å²) in [5, 5.41) is 0.694. The molecular weight excluding hydrogens is 184 g/mol. The van der Waals surface area contributed by atoms with Crippen molar-refractivity contribution in [3.8, 4) is 5.75 Å². The van der Waals surface area contributed by atoms with Gasteiger partial charge in [-0.3, -0.25) is 0 Å². The third-order valence-corrected chi connectivity index (χ3v) is 2.15. The molecular formula is C11H15ClO. The van der Waals surface area contributed by atoms with Gasteiger partial charge in [0.15, 0.2) is 0 Å². The van der Waals surface area contributed by atoms with E-state index in [9.17, 15) is 0 Å². The highest BCUT2D eigenvalue weighted by atomic mass is 35.5. The van der Waals surface area contributed by atoms with Gasteiger partial charge in [0.25, 0.3) is 0 Å². The van der Waals surface area contributed by atoms with E-state index in [4.69, 9.17) is 16.3 Å². The number of rotatable bonds is 5. The molecule has 0 radical (unpaired) electrons. The molecule has 1 rings (SSSR count). The summed E-state index contributed by atoms with van der Waals surface area (Å²) in [4.78, 5) is 0. The monoisotopic (exact) mass is 198 g/mol. The van der Waals surface area contributed by atoms with Crippen LogP contribution in [-0.2, 0) is 0 Å². The van der Waals surface area contributed by atoms with E-state index in [0.29, 0.717) is 5.02 Å². The van der Waals surface area contributed by atoms with Gasteiger partial charge in [-0.1, -0.05) is 43.5 Å². The quantitative estimate of drug-likeness (QED) is 0.652. The maximum absolute atomic E-state index is 5.91. The molecule has 0 aliphatic carbocycles. The highest BCUT2D eigenvalue weighted by Gasteiger charge is 1.97. The smallest absolute Gasteiger partial charge is 0.137 e. The molecule has 1 aromatic carbocycles. The maximum atomic E-state index is 5.91. The first-order valence-corrected chi connectivity index (χ1v) is 5.09. The normalized spacial score (nSPS) is 10.0. The van der Waals surface area contributed by atoms with Crippen LogP contribution in [0.25, 0.3) is 0 Å². The first-order valence-electron chi connectivity index (χ1n) is 4.72. The van der Waals surface area contributed by atoms with Crippen molar-refractivity contribution in [1.82, 2.24) is 0 Å². The van der Waals surface area contributed by atoms with Gasteiger partial charge in [-0.2, -0.15) is 0 Å². The van der Waals surface area contributed by atoms with Gasteiger partial charge < -0.3 is 4.74 Å². The third kappa shape index (κ3) is 3.69. The van der Waals surface area contributed by atoms with Gasteiger partial charge in [-0.15, -0.1) is 0 Å². The number of unbranched alkanes of at least 4 members (excludes halogenated alkanes) is 2. The van der Waals surface area contributed by atoms with Gasteiger partial charge in [-0.05, 0) is 18.6 Å². The van der Waals surface area contributed by atoms with Gasteiger partial charge in [-0.25, -0.2) is 0 Å². The van der Waals surface area contributed by atoms with Gasteiger partial charge in [0.05, 0.1) is 11.6 Å². The molecule has 2 heteroatoms. The van der Waals surface area contributed by atoms with Crippen LogP contribution in [0.5, 0.6) is 5.75 Å². The minimum Gasteiger partial charge on any atom is -0.492 e. The Morgan fingerprint density at radius 2 is 2.00 bits per heavy atom. The molecule has 0 aromatic heterocycles. The van der Waals surface area contributed by atoms with Crippen LogP contribution in [0.3, 0.4) is 0 Å². The van der Waals surface area contributed by atoms with E-state index < -0.39 is 0 Å². The highest BCUT2D eigenvalue weighted by molar-refractivity contribution is 6.32. The fourth-order valence-electron chi connectivity index (χ4n) is 1.10. The number of para-hydroxylation sites is 1. The van der Waals surface area contributed by atoms with Crippen LogP contribution >= 0.6 is 11.6 Å². The van der Waals surface area contributed by atoms with Crippen molar-refractivity contribution in [1.29, 1.82) is 0 Å². The summed E-state index contributed by atoms with van der Waals surface area (Å²) in [5.74, 6) is 0.792.